The van der Waals surface area contributed by atoms with Gasteiger partial charge in [0.05, 0.1) is 10.7 Å². The zero-order chi connectivity index (χ0) is 14.9. The fourth-order valence-electron chi connectivity index (χ4n) is 2.02. The van der Waals surface area contributed by atoms with E-state index in [0.29, 0.717) is 18.1 Å². The van der Waals surface area contributed by atoms with Crippen LogP contribution in [0.1, 0.15) is 28.7 Å². The number of amides is 1. The van der Waals surface area contributed by atoms with Gasteiger partial charge in [-0.25, -0.2) is 0 Å². The molecule has 108 valence electrons. The zero-order valence-corrected chi connectivity index (χ0v) is 12.8. The molecule has 0 radical (unpaired) electrons. The van der Waals surface area contributed by atoms with Crippen molar-refractivity contribution in [3.05, 3.63) is 34.4 Å². The fraction of sp³-hybridized carbons (Fsp3) is 0.462. The molecule has 2 aromatic heterocycles. The minimum Gasteiger partial charge on any atom is -0.336 e. The van der Waals surface area contributed by atoms with Crippen LogP contribution in [0.2, 0.25) is 5.02 Å². The Balaban J connectivity index is 2.16. The molecular weight excluding hydrogens is 278 g/mol. The van der Waals surface area contributed by atoms with Gasteiger partial charge in [-0.2, -0.15) is 10.2 Å². The van der Waals surface area contributed by atoms with Crippen LogP contribution in [0, 0.1) is 6.92 Å². The van der Waals surface area contributed by atoms with Gasteiger partial charge in [-0.1, -0.05) is 11.6 Å². The molecule has 20 heavy (non-hydrogen) atoms. The number of aryl methyl sites for hydroxylation is 3. The number of aromatic nitrogens is 4. The molecule has 0 aromatic carbocycles. The van der Waals surface area contributed by atoms with Crippen molar-refractivity contribution in [2.75, 3.05) is 7.05 Å². The second-order valence-corrected chi connectivity index (χ2v) is 5.16. The molecule has 2 rings (SSSR count). The second kappa shape index (κ2) is 5.66. The van der Waals surface area contributed by atoms with E-state index >= 15 is 0 Å². The molecule has 6 nitrogen and oxygen atoms in total. The monoisotopic (exact) mass is 295 g/mol. The normalized spacial score (nSPS) is 10.8. The van der Waals surface area contributed by atoms with Gasteiger partial charge < -0.3 is 4.90 Å². The van der Waals surface area contributed by atoms with Crippen molar-refractivity contribution in [2.24, 2.45) is 7.05 Å². The highest BCUT2D eigenvalue weighted by Crippen LogP contribution is 2.17. The average Bonchev–Trinajstić information content (AvgIpc) is 2.91. The Morgan fingerprint density at radius 1 is 1.40 bits per heavy atom. The van der Waals surface area contributed by atoms with Crippen molar-refractivity contribution in [2.45, 2.75) is 26.9 Å². The third-order valence-electron chi connectivity index (χ3n) is 3.11. The average molecular weight is 296 g/mol. The summed E-state index contributed by atoms with van der Waals surface area (Å²) in [6, 6.07) is 0. The maximum atomic E-state index is 12.4. The molecule has 0 N–H and O–H groups in total. The molecule has 0 aliphatic carbocycles. The molecule has 0 atom stereocenters. The maximum absolute atomic E-state index is 12.4. The molecule has 0 bridgehead atoms. The number of hydrogen-bond donors (Lipinski definition) is 0. The first-order chi connectivity index (χ1) is 9.42. The molecule has 1 amide bonds. The number of hydrogen-bond acceptors (Lipinski definition) is 3. The largest absolute Gasteiger partial charge is 0.336 e. The van der Waals surface area contributed by atoms with E-state index in [1.165, 1.54) is 0 Å². The standard InChI is InChI=1S/C13H18ClN5O/c1-5-19-8-11(14)12(16-19)13(20)17(3)6-10-7-18(4)15-9(10)2/h7-8H,5-6H2,1-4H3. The van der Waals surface area contributed by atoms with Gasteiger partial charge in [0.25, 0.3) is 5.91 Å². The summed E-state index contributed by atoms with van der Waals surface area (Å²) in [6.07, 6.45) is 3.57. The van der Waals surface area contributed by atoms with Gasteiger partial charge in [-0.3, -0.25) is 14.2 Å². The first-order valence-corrected chi connectivity index (χ1v) is 6.77. The highest BCUT2D eigenvalue weighted by atomic mass is 35.5. The summed E-state index contributed by atoms with van der Waals surface area (Å²) in [4.78, 5) is 14.0. The van der Waals surface area contributed by atoms with Crippen LogP contribution in [-0.2, 0) is 20.1 Å². The minimum absolute atomic E-state index is 0.189. The van der Waals surface area contributed by atoms with Gasteiger partial charge in [0.1, 0.15) is 0 Å². The van der Waals surface area contributed by atoms with E-state index in [2.05, 4.69) is 10.2 Å². The summed E-state index contributed by atoms with van der Waals surface area (Å²) >= 11 is 6.05. The summed E-state index contributed by atoms with van der Waals surface area (Å²) in [7, 11) is 3.59. The first kappa shape index (κ1) is 14.6. The third kappa shape index (κ3) is 2.85. The van der Waals surface area contributed by atoms with Crippen LogP contribution in [0.15, 0.2) is 12.4 Å². The highest BCUT2D eigenvalue weighted by Gasteiger charge is 2.20. The maximum Gasteiger partial charge on any atom is 0.275 e. The number of nitrogens with zero attached hydrogens (tertiary/aromatic N) is 5. The van der Waals surface area contributed by atoms with Gasteiger partial charge in [-0.15, -0.1) is 0 Å². The zero-order valence-electron chi connectivity index (χ0n) is 12.1. The number of halogens is 1. The van der Waals surface area contributed by atoms with Crippen molar-refractivity contribution < 1.29 is 4.79 Å². The lowest BCUT2D eigenvalue weighted by atomic mass is 10.2. The van der Waals surface area contributed by atoms with E-state index < -0.39 is 0 Å². The van der Waals surface area contributed by atoms with E-state index in [9.17, 15) is 4.79 Å². The Hall–Kier alpha value is -1.82. The van der Waals surface area contributed by atoms with Gasteiger partial charge in [0, 0.05) is 45.1 Å². The van der Waals surface area contributed by atoms with E-state index in [1.807, 2.05) is 27.1 Å². The van der Waals surface area contributed by atoms with Crippen LogP contribution in [0.5, 0.6) is 0 Å². The SMILES string of the molecule is CCn1cc(Cl)c(C(=O)N(C)Cc2cn(C)nc2C)n1. The van der Waals surface area contributed by atoms with Crippen LogP contribution in [0.3, 0.4) is 0 Å². The predicted octanol–water partition coefficient (Wildman–Crippen LogP) is 1.87. The Morgan fingerprint density at radius 2 is 2.10 bits per heavy atom. The van der Waals surface area contributed by atoms with Crippen molar-refractivity contribution in [1.29, 1.82) is 0 Å². The lowest BCUT2D eigenvalue weighted by molar-refractivity contribution is 0.0778. The van der Waals surface area contributed by atoms with Crippen molar-refractivity contribution >= 4 is 17.5 Å². The number of carbonyl (C=O) groups excluding carboxylic acids is 1. The summed E-state index contributed by atoms with van der Waals surface area (Å²) in [5.41, 5.74) is 2.21. The molecule has 0 saturated heterocycles. The van der Waals surface area contributed by atoms with Crippen molar-refractivity contribution in [3.63, 3.8) is 0 Å². The molecule has 0 spiro atoms. The van der Waals surface area contributed by atoms with Crippen molar-refractivity contribution in [1.82, 2.24) is 24.5 Å². The summed E-state index contributed by atoms with van der Waals surface area (Å²) < 4.78 is 3.39. The quantitative estimate of drug-likeness (QED) is 0.865. The number of rotatable bonds is 4. The van der Waals surface area contributed by atoms with Crippen molar-refractivity contribution in [3.8, 4) is 0 Å². The molecular formula is C13H18ClN5O. The van der Waals surface area contributed by atoms with Crippen LogP contribution in [0.25, 0.3) is 0 Å². The van der Waals surface area contributed by atoms with E-state index in [1.54, 1.807) is 27.5 Å². The molecule has 2 aromatic rings. The third-order valence-corrected chi connectivity index (χ3v) is 3.39. The van der Waals surface area contributed by atoms with Gasteiger partial charge in [0.15, 0.2) is 5.69 Å². The smallest absolute Gasteiger partial charge is 0.275 e. The van der Waals surface area contributed by atoms with Crippen LogP contribution in [-0.4, -0.2) is 37.4 Å². The Morgan fingerprint density at radius 3 is 2.60 bits per heavy atom. The molecule has 7 heteroatoms. The van der Waals surface area contributed by atoms with Gasteiger partial charge in [-0.05, 0) is 13.8 Å². The highest BCUT2D eigenvalue weighted by molar-refractivity contribution is 6.33. The van der Waals surface area contributed by atoms with E-state index in [0.717, 1.165) is 11.3 Å². The second-order valence-electron chi connectivity index (χ2n) is 4.76. The van der Waals surface area contributed by atoms with Crippen LogP contribution < -0.4 is 0 Å². The fourth-order valence-corrected chi connectivity index (χ4v) is 2.25. The predicted molar refractivity (Wildman–Crippen MR) is 76.7 cm³/mol. The topological polar surface area (TPSA) is 56.0 Å². The molecule has 0 aliphatic heterocycles. The van der Waals surface area contributed by atoms with Crippen LogP contribution >= 0.6 is 11.6 Å². The lowest BCUT2D eigenvalue weighted by Gasteiger charge is -2.15. The Labute approximate surface area is 122 Å². The molecule has 0 fully saturated rings. The summed E-state index contributed by atoms with van der Waals surface area (Å²) in [5.74, 6) is -0.189. The lowest BCUT2D eigenvalue weighted by Crippen LogP contribution is -2.27. The number of carbonyl (C=O) groups is 1. The Kier molecular flexibility index (Phi) is 4.13. The van der Waals surface area contributed by atoms with Crippen LogP contribution in [0.4, 0.5) is 0 Å². The molecule has 0 saturated carbocycles. The first-order valence-electron chi connectivity index (χ1n) is 6.40. The van der Waals surface area contributed by atoms with E-state index in [4.69, 9.17) is 11.6 Å². The minimum atomic E-state index is -0.189. The summed E-state index contributed by atoms with van der Waals surface area (Å²) in [5, 5.41) is 8.84. The van der Waals surface area contributed by atoms with E-state index in [-0.39, 0.29) is 11.6 Å². The van der Waals surface area contributed by atoms with Gasteiger partial charge in [0.2, 0.25) is 0 Å². The molecule has 2 heterocycles. The molecule has 0 unspecified atom stereocenters. The molecule has 0 aliphatic rings. The summed E-state index contributed by atoms with van der Waals surface area (Å²) in [6.45, 7) is 5.03. The van der Waals surface area contributed by atoms with Gasteiger partial charge >= 0.3 is 0 Å². The Bertz CT molecular complexity index is 631.